The molecule has 0 radical (unpaired) electrons. The molecule has 1 fully saturated rings. The van der Waals surface area contributed by atoms with Crippen LogP contribution in [0.3, 0.4) is 0 Å². The molecule has 30 heavy (non-hydrogen) atoms. The van der Waals surface area contributed by atoms with Crippen LogP contribution >= 0.6 is 11.3 Å². The lowest BCUT2D eigenvalue weighted by atomic mass is 9.82. The van der Waals surface area contributed by atoms with Gasteiger partial charge in [0.1, 0.15) is 10.7 Å². The first-order chi connectivity index (χ1) is 14.1. The molecule has 1 saturated carbocycles. The van der Waals surface area contributed by atoms with Crippen LogP contribution in [0.1, 0.15) is 67.9 Å². The van der Waals surface area contributed by atoms with Crippen molar-refractivity contribution in [1.29, 1.82) is 0 Å². The second kappa shape index (κ2) is 8.76. The Labute approximate surface area is 182 Å². The van der Waals surface area contributed by atoms with Crippen molar-refractivity contribution >= 4 is 34.7 Å². The zero-order valence-electron chi connectivity index (χ0n) is 18.4. The molecule has 162 valence electrons. The number of hydrogen-bond donors (Lipinski definition) is 1. The van der Waals surface area contributed by atoms with E-state index in [9.17, 15) is 14.7 Å². The number of carboxylic acids is 1. The van der Waals surface area contributed by atoms with Gasteiger partial charge in [-0.1, -0.05) is 33.8 Å². The highest BCUT2D eigenvalue weighted by Crippen LogP contribution is 2.40. The summed E-state index contributed by atoms with van der Waals surface area (Å²) in [5.41, 5.74) is 0.209. The van der Waals surface area contributed by atoms with E-state index in [1.54, 1.807) is 18.3 Å². The molecule has 6 nitrogen and oxygen atoms in total. The van der Waals surface area contributed by atoms with E-state index in [1.165, 1.54) is 16.3 Å². The molecule has 0 aromatic carbocycles. The second-order valence-electron chi connectivity index (χ2n) is 9.20. The molecule has 1 N–H and O–H groups in total. The van der Waals surface area contributed by atoms with E-state index < -0.39 is 5.97 Å². The van der Waals surface area contributed by atoms with E-state index in [1.807, 2.05) is 45.0 Å². The van der Waals surface area contributed by atoms with Gasteiger partial charge in [-0.3, -0.25) is 9.80 Å². The molecule has 2 aromatic rings. The summed E-state index contributed by atoms with van der Waals surface area (Å²) in [6.45, 7) is 8.36. The van der Waals surface area contributed by atoms with Crippen molar-refractivity contribution < 1.29 is 14.7 Å². The van der Waals surface area contributed by atoms with E-state index in [0.717, 1.165) is 30.6 Å². The zero-order chi connectivity index (χ0) is 22.1. The topological polar surface area (TPSA) is 73.7 Å². The quantitative estimate of drug-likeness (QED) is 0.649. The number of carboxylic acid groups (broad SMARTS) is 1. The molecule has 2 aromatic heterocycles. The number of amides is 1. The maximum absolute atomic E-state index is 13.7. The Morgan fingerprint density at radius 1 is 1.17 bits per heavy atom. The Kier molecular flexibility index (Phi) is 6.50. The van der Waals surface area contributed by atoms with Gasteiger partial charge in [0.05, 0.1) is 5.69 Å². The summed E-state index contributed by atoms with van der Waals surface area (Å²) >= 11 is 1.24. The number of anilines is 2. The highest BCUT2D eigenvalue weighted by atomic mass is 32.1. The van der Waals surface area contributed by atoms with Crippen LogP contribution in [-0.2, 0) is 10.2 Å². The summed E-state index contributed by atoms with van der Waals surface area (Å²) < 4.78 is 0. The molecule has 0 unspecified atom stereocenters. The Morgan fingerprint density at radius 3 is 2.37 bits per heavy atom. The van der Waals surface area contributed by atoms with Crippen LogP contribution in [0.15, 0.2) is 30.5 Å². The summed E-state index contributed by atoms with van der Waals surface area (Å²) in [6.07, 6.45) is 5.35. The molecular weight excluding hydrogens is 398 g/mol. The van der Waals surface area contributed by atoms with Crippen LogP contribution in [0.5, 0.6) is 0 Å². The van der Waals surface area contributed by atoms with Crippen molar-refractivity contribution in [3.8, 4) is 0 Å². The van der Waals surface area contributed by atoms with E-state index >= 15 is 0 Å². The molecule has 2 heterocycles. The largest absolute Gasteiger partial charge is 0.477 e. The van der Waals surface area contributed by atoms with Gasteiger partial charge in [-0.15, -0.1) is 11.3 Å². The molecule has 3 rings (SSSR count). The number of thiophene rings is 1. The molecule has 0 bridgehead atoms. The monoisotopic (exact) mass is 429 g/mol. The Hall–Kier alpha value is -2.41. The first-order valence-corrected chi connectivity index (χ1v) is 11.3. The Bertz CT molecular complexity index is 896. The third kappa shape index (κ3) is 4.67. The smallest absolute Gasteiger partial charge is 0.348 e. The highest BCUT2D eigenvalue weighted by Gasteiger charge is 2.35. The van der Waals surface area contributed by atoms with Gasteiger partial charge in [0.25, 0.3) is 0 Å². The number of aromatic carboxylic acids is 1. The summed E-state index contributed by atoms with van der Waals surface area (Å²) in [7, 11) is 1.77. The fourth-order valence-electron chi connectivity index (χ4n) is 3.82. The number of aromatic nitrogens is 1. The van der Waals surface area contributed by atoms with Crippen molar-refractivity contribution in [2.24, 2.45) is 11.8 Å². The molecule has 0 atom stereocenters. The van der Waals surface area contributed by atoms with Crippen molar-refractivity contribution in [3.05, 3.63) is 40.2 Å². The second-order valence-corrected chi connectivity index (χ2v) is 10.3. The van der Waals surface area contributed by atoms with E-state index in [4.69, 9.17) is 0 Å². The predicted molar refractivity (Wildman–Crippen MR) is 121 cm³/mol. The third-order valence-corrected chi connectivity index (χ3v) is 7.27. The summed E-state index contributed by atoms with van der Waals surface area (Å²) in [5, 5.41) is 13.1. The fraction of sp³-hybridized carbons (Fsp3) is 0.522. The number of carbonyl (C=O) groups excluding carboxylic acids is 1. The van der Waals surface area contributed by atoms with E-state index in [0.29, 0.717) is 17.4 Å². The molecule has 1 amide bonds. The van der Waals surface area contributed by atoms with Crippen LogP contribution in [0.4, 0.5) is 11.5 Å². The first-order valence-electron chi connectivity index (χ1n) is 10.5. The van der Waals surface area contributed by atoms with E-state index in [-0.39, 0.29) is 22.1 Å². The van der Waals surface area contributed by atoms with Crippen molar-refractivity contribution in [2.45, 2.75) is 58.8 Å². The highest BCUT2D eigenvalue weighted by molar-refractivity contribution is 7.14. The lowest BCUT2D eigenvalue weighted by molar-refractivity contribution is -0.123. The normalized spacial score (nSPS) is 19.4. The summed E-state index contributed by atoms with van der Waals surface area (Å²) in [6, 6.07) is 7.35. The first kappa shape index (κ1) is 22.3. The van der Waals surface area contributed by atoms with Crippen LogP contribution in [0.2, 0.25) is 0 Å². The maximum Gasteiger partial charge on any atom is 0.348 e. The molecular formula is C23H31N3O3S. The molecule has 1 aliphatic rings. The minimum atomic E-state index is -1.02. The van der Waals surface area contributed by atoms with Gasteiger partial charge in [-0.25, -0.2) is 14.8 Å². The van der Waals surface area contributed by atoms with Gasteiger partial charge in [0, 0.05) is 24.0 Å². The lowest BCUT2D eigenvalue weighted by Gasteiger charge is -2.36. The minimum absolute atomic E-state index is 0.0594. The summed E-state index contributed by atoms with van der Waals surface area (Å²) in [5.74, 6) is 0.0203. The molecule has 0 spiro atoms. The number of rotatable bonds is 5. The Balaban J connectivity index is 2.09. The zero-order valence-corrected chi connectivity index (χ0v) is 19.2. The molecule has 7 heteroatoms. The van der Waals surface area contributed by atoms with Gasteiger partial charge in [0.2, 0.25) is 5.91 Å². The third-order valence-electron chi connectivity index (χ3n) is 5.73. The molecule has 1 aliphatic carbocycles. The standard InChI is InChI=1S/C23H31N3O3S/c1-15-9-11-16(12-10-15)21(27)26(25(5)19-8-6-7-13-24-19)17-14-18(23(2,3)4)30-20(17)22(28)29/h6-8,13-16H,9-12H2,1-5H3,(H,28,29). The van der Waals surface area contributed by atoms with Crippen molar-refractivity contribution in [3.63, 3.8) is 0 Å². The van der Waals surface area contributed by atoms with Gasteiger partial charge in [0.15, 0.2) is 0 Å². The number of nitrogens with zero attached hydrogens (tertiary/aromatic N) is 3. The minimum Gasteiger partial charge on any atom is -0.477 e. The van der Waals surface area contributed by atoms with Crippen molar-refractivity contribution in [1.82, 2.24) is 4.98 Å². The average Bonchev–Trinajstić information content (AvgIpc) is 3.15. The molecule has 0 saturated heterocycles. The van der Waals surface area contributed by atoms with Crippen molar-refractivity contribution in [2.75, 3.05) is 17.1 Å². The summed E-state index contributed by atoms with van der Waals surface area (Å²) in [4.78, 5) is 31.3. The predicted octanol–water partition coefficient (Wildman–Crippen LogP) is 5.35. The number of pyridine rings is 1. The maximum atomic E-state index is 13.7. The van der Waals surface area contributed by atoms with Gasteiger partial charge in [-0.2, -0.15) is 0 Å². The Morgan fingerprint density at radius 2 is 1.83 bits per heavy atom. The van der Waals surface area contributed by atoms with Crippen LogP contribution in [-0.4, -0.2) is 29.0 Å². The number of carbonyl (C=O) groups is 2. The lowest BCUT2D eigenvalue weighted by Crippen LogP contribution is -2.49. The van der Waals surface area contributed by atoms with Crippen LogP contribution in [0.25, 0.3) is 0 Å². The van der Waals surface area contributed by atoms with E-state index in [2.05, 4.69) is 11.9 Å². The number of hydrazine groups is 1. The van der Waals surface area contributed by atoms with Gasteiger partial charge >= 0.3 is 5.97 Å². The average molecular weight is 430 g/mol. The fourth-order valence-corrected chi connectivity index (χ4v) is 4.85. The molecule has 0 aliphatic heterocycles. The van der Waals surface area contributed by atoms with Crippen LogP contribution in [0, 0.1) is 11.8 Å². The van der Waals surface area contributed by atoms with Gasteiger partial charge < -0.3 is 5.11 Å². The van der Waals surface area contributed by atoms with Crippen LogP contribution < -0.4 is 10.0 Å². The number of hydrogen-bond acceptors (Lipinski definition) is 5. The SMILES string of the molecule is CC1CCC(C(=O)N(c2cc(C(C)(C)C)sc2C(=O)O)N(C)c2ccccn2)CC1. The van der Waals surface area contributed by atoms with Gasteiger partial charge in [-0.05, 0) is 55.2 Å².